The van der Waals surface area contributed by atoms with Crippen molar-refractivity contribution in [3.63, 3.8) is 0 Å². The quantitative estimate of drug-likeness (QED) is 0.948. The first-order chi connectivity index (χ1) is 11.2. The summed E-state index contributed by atoms with van der Waals surface area (Å²) in [5.74, 6) is 0.0432. The van der Waals surface area contributed by atoms with Crippen LogP contribution in [0, 0.1) is 6.92 Å². The summed E-state index contributed by atoms with van der Waals surface area (Å²) >= 11 is 0. The minimum atomic E-state index is 0.0432. The van der Waals surface area contributed by atoms with Crippen LogP contribution in [-0.4, -0.2) is 34.9 Å². The van der Waals surface area contributed by atoms with Crippen LogP contribution < -0.4 is 5.73 Å². The van der Waals surface area contributed by atoms with Crippen LogP contribution in [0.25, 0.3) is 11.1 Å². The summed E-state index contributed by atoms with van der Waals surface area (Å²) < 4.78 is 0. The number of rotatable bonds is 3. The molecule has 2 N–H and O–H groups in total. The molecule has 0 saturated carbocycles. The number of pyridine rings is 1. The Labute approximate surface area is 137 Å². The lowest BCUT2D eigenvalue weighted by Gasteiger charge is -2.35. The Kier molecular flexibility index (Phi) is 4.72. The molecule has 4 heteroatoms. The lowest BCUT2D eigenvalue weighted by atomic mass is 10.00. The highest BCUT2D eigenvalue weighted by Gasteiger charge is 2.26. The van der Waals surface area contributed by atoms with E-state index in [-0.39, 0.29) is 11.9 Å². The molecule has 1 atom stereocenters. The van der Waals surface area contributed by atoms with Gasteiger partial charge < -0.3 is 10.6 Å². The number of nitrogens with two attached hydrogens (primary N) is 1. The molecule has 1 aliphatic heterocycles. The molecule has 1 aromatic carbocycles. The lowest BCUT2D eigenvalue weighted by Crippen LogP contribution is -2.47. The monoisotopic (exact) mass is 309 g/mol. The van der Waals surface area contributed by atoms with Gasteiger partial charge in [-0.1, -0.05) is 29.8 Å². The van der Waals surface area contributed by atoms with Crippen LogP contribution in [0.1, 0.15) is 35.2 Å². The molecule has 1 fully saturated rings. The highest BCUT2D eigenvalue weighted by atomic mass is 16.2. The van der Waals surface area contributed by atoms with Crippen LogP contribution in [0.15, 0.2) is 42.7 Å². The first-order valence-corrected chi connectivity index (χ1v) is 8.22. The van der Waals surface area contributed by atoms with Crippen LogP contribution in [0.4, 0.5) is 0 Å². The van der Waals surface area contributed by atoms with Gasteiger partial charge in [-0.3, -0.25) is 9.78 Å². The van der Waals surface area contributed by atoms with Crippen molar-refractivity contribution in [2.45, 2.75) is 32.2 Å². The minimum absolute atomic E-state index is 0.0432. The van der Waals surface area contributed by atoms with Gasteiger partial charge in [-0.15, -0.1) is 0 Å². The summed E-state index contributed by atoms with van der Waals surface area (Å²) in [4.78, 5) is 19.0. The first-order valence-electron chi connectivity index (χ1n) is 8.22. The minimum Gasteiger partial charge on any atom is -0.334 e. The summed E-state index contributed by atoms with van der Waals surface area (Å²) in [6.45, 7) is 3.37. The summed E-state index contributed by atoms with van der Waals surface area (Å²) in [6, 6.07) is 10.3. The Morgan fingerprint density at radius 3 is 2.74 bits per heavy atom. The number of carbonyl (C=O) groups excluding carboxylic acids is 1. The molecule has 4 nitrogen and oxygen atoms in total. The topological polar surface area (TPSA) is 59.2 Å². The van der Waals surface area contributed by atoms with Gasteiger partial charge >= 0.3 is 0 Å². The summed E-state index contributed by atoms with van der Waals surface area (Å²) in [5, 5.41) is 0. The van der Waals surface area contributed by atoms with E-state index in [1.54, 1.807) is 12.4 Å². The Hall–Kier alpha value is -2.20. The third kappa shape index (κ3) is 3.42. The van der Waals surface area contributed by atoms with Gasteiger partial charge in [0.15, 0.2) is 0 Å². The standard InChI is InChI=1S/C19H23N3O/c1-14-5-7-15(8-6-14)16-10-17(13-21-12-16)19(23)22-9-3-2-4-18(22)11-20/h5-8,10,12-13,18H,2-4,9,11,20H2,1H3. The summed E-state index contributed by atoms with van der Waals surface area (Å²) in [7, 11) is 0. The van der Waals surface area contributed by atoms with Gasteiger partial charge in [0.1, 0.15) is 0 Å². The molecule has 120 valence electrons. The number of nitrogens with zero attached hydrogens (tertiary/aromatic N) is 2. The lowest BCUT2D eigenvalue weighted by molar-refractivity contribution is 0.0623. The van der Waals surface area contributed by atoms with Gasteiger partial charge in [-0.25, -0.2) is 0 Å². The molecule has 0 spiro atoms. The summed E-state index contributed by atoms with van der Waals surface area (Å²) in [6.07, 6.45) is 6.65. The van der Waals surface area contributed by atoms with E-state index in [0.717, 1.165) is 36.9 Å². The van der Waals surface area contributed by atoms with Gasteiger partial charge in [0, 0.05) is 37.1 Å². The zero-order valence-corrected chi connectivity index (χ0v) is 13.5. The Bertz CT molecular complexity index is 681. The van der Waals surface area contributed by atoms with Gasteiger partial charge in [0.05, 0.1) is 5.56 Å². The number of hydrogen-bond donors (Lipinski definition) is 1. The fourth-order valence-electron chi connectivity index (χ4n) is 3.14. The number of hydrogen-bond acceptors (Lipinski definition) is 3. The van der Waals surface area contributed by atoms with Crippen molar-refractivity contribution in [2.75, 3.05) is 13.1 Å². The molecule has 1 aromatic heterocycles. The van der Waals surface area contributed by atoms with E-state index >= 15 is 0 Å². The second-order valence-corrected chi connectivity index (χ2v) is 6.21. The van der Waals surface area contributed by atoms with Crippen molar-refractivity contribution in [1.29, 1.82) is 0 Å². The normalized spacial score (nSPS) is 18.0. The molecule has 1 unspecified atom stereocenters. The van der Waals surface area contributed by atoms with Gasteiger partial charge in [0.2, 0.25) is 0 Å². The van der Waals surface area contributed by atoms with E-state index in [4.69, 9.17) is 5.73 Å². The van der Waals surface area contributed by atoms with Crippen molar-refractivity contribution in [3.8, 4) is 11.1 Å². The maximum atomic E-state index is 12.8. The van der Waals surface area contributed by atoms with Crippen LogP contribution in [0.3, 0.4) is 0 Å². The maximum Gasteiger partial charge on any atom is 0.255 e. The molecule has 0 aliphatic carbocycles. The molecule has 2 heterocycles. The number of aryl methyl sites for hydroxylation is 1. The molecule has 0 bridgehead atoms. The number of piperidine rings is 1. The van der Waals surface area contributed by atoms with Gasteiger partial charge in [-0.05, 0) is 37.8 Å². The second kappa shape index (κ2) is 6.92. The molecule has 1 aliphatic rings. The van der Waals surface area contributed by atoms with Crippen LogP contribution >= 0.6 is 0 Å². The second-order valence-electron chi connectivity index (χ2n) is 6.21. The first kappa shape index (κ1) is 15.7. The fourth-order valence-corrected chi connectivity index (χ4v) is 3.14. The largest absolute Gasteiger partial charge is 0.334 e. The zero-order valence-electron chi connectivity index (χ0n) is 13.5. The van der Waals surface area contributed by atoms with E-state index in [1.165, 1.54) is 5.56 Å². The number of benzene rings is 1. The molecule has 2 aromatic rings. The maximum absolute atomic E-state index is 12.8. The third-order valence-electron chi connectivity index (χ3n) is 4.53. The average Bonchev–Trinajstić information content (AvgIpc) is 2.62. The number of amides is 1. The Morgan fingerprint density at radius 1 is 1.22 bits per heavy atom. The number of likely N-dealkylation sites (tertiary alicyclic amines) is 1. The van der Waals surface area contributed by atoms with Crippen LogP contribution in [-0.2, 0) is 0 Å². The van der Waals surface area contributed by atoms with E-state index in [1.807, 2.05) is 11.0 Å². The van der Waals surface area contributed by atoms with E-state index < -0.39 is 0 Å². The molecule has 3 rings (SSSR count). The SMILES string of the molecule is Cc1ccc(-c2cncc(C(=O)N3CCCCC3CN)c2)cc1. The van der Waals surface area contributed by atoms with E-state index in [2.05, 4.69) is 36.2 Å². The van der Waals surface area contributed by atoms with Crippen molar-refractivity contribution < 1.29 is 4.79 Å². The molecule has 23 heavy (non-hydrogen) atoms. The Balaban J connectivity index is 1.86. The van der Waals surface area contributed by atoms with Crippen molar-refractivity contribution in [1.82, 2.24) is 9.88 Å². The predicted molar refractivity (Wildman–Crippen MR) is 92.1 cm³/mol. The number of aromatic nitrogens is 1. The zero-order chi connectivity index (χ0) is 16.2. The molecular weight excluding hydrogens is 286 g/mol. The van der Waals surface area contributed by atoms with E-state index in [9.17, 15) is 4.79 Å². The third-order valence-corrected chi connectivity index (χ3v) is 4.53. The van der Waals surface area contributed by atoms with Crippen LogP contribution in [0.5, 0.6) is 0 Å². The average molecular weight is 309 g/mol. The number of carbonyl (C=O) groups is 1. The molecule has 1 amide bonds. The predicted octanol–water partition coefficient (Wildman–Crippen LogP) is 3.01. The van der Waals surface area contributed by atoms with Crippen molar-refractivity contribution >= 4 is 5.91 Å². The fraction of sp³-hybridized carbons (Fsp3) is 0.368. The summed E-state index contributed by atoms with van der Waals surface area (Å²) in [5.41, 5.74) is 9.74. The van der Waals surface area contributed by atoms with Crippen LogP contribution in [0.2, 0.25) is 0 Å². The Morgan fingerprint density at radius 2 is 2.00 bits per heavy atom. The van der Waals surface area contributed by atoms with Gasteiger partial charge in [0.25, 0.3) is 5.91 Å². The van der Waals surface area contributed by atoms with Crippen molar-refractivity contribution in [3.05, 3.63) is 53.9 Å². The van der Waals surface area contributed by atoms with Crippen molar-refractivity contribution in [2.24, 2.45) is 5.73 Å². The molecular formula is C19H23N3O. The van der Waals surface area contributed by atoms with Gasteiger partial charge in [-0.2, -0.15) is 0 Å². The molecule has 1 saturated heterocycles. The smallest absolute Gasteiger partial charge is 0.255 e. The highest BCUT2D eigenvalue weighted by Crippen LogP contribution is 2.23. The molecule has 0 radical (unpaired) electrons. The van der Waals surface area contributed by atoms with E-state index in [0.29, 0.717) is 12.1 Å². The highest BCUT2D eigenvalue weighted by molar-refractivity contribution is 5.95.